The largest absolute Gasteiger partial charge is 0.354 e. The quantitative estimate of drug-likeness (QED) is 0.744. The maximum atomic E-state index is 12.2. The molecule has 0 radical (unpaired) electrons. The second-order valence-electron chi connectivity index (χ2n) is 7.88. The zero-order valence-electron chi connectivity index (χ0n) is 17.4. The molecule has 8 nitrogen and oxygen atoms in total. The summed E-state index contributed by atoms with van der Waals surface area (Å²) < 4.78 is 1.63. The van der Waals surface area contributed by atoms with Crippen LogP contribution in [0.15, 0.2) is 24.4 Å². The molecule has 0 saturated heterocycles. The first-order chi connectivity index (χ1) is 13.9. The molecule has 0 spiro atoms. The molecule has 0 aromatic carbocycles. The van der Waals surface area contributed by atoms with E-state index in [4.69, 9.17) is 0 Å². The highest BCUT2D eigenvalue weighted by molar-refractivity contribution is 5.75. The highest BCUT2D eigenvalue weighted by Gasteiger charge is 2.30. The maximum absolute atomic E-state index is 12.2. The Kier molecular flexibility index (Phi) is 6.95. The second kappa shape index (κ2) is 9.62. The standard InChI is InChI=1S/C21H30N6O2/c1-14-24-15(2)27(26-14)13-20(29)23-12-17-7-9-18(10-8-17)21(25-16(3)28)19-6-4-5-11-22-19/h4-6,11,17-18,21H,7-10,12-13H2,1-3H3,(H,23,29)(H,25,28)/t17?,18?,21-/m0/s1. The molecule has 29 heavy (non-hydrogen) atoms. The zero-order valence-corrected chi connectivity index (χ0v) is 17.4. The molecule has 2 amide bonds. The highest BCUT2D eigenvalue weighted by atomic mass is 16.2. The van der Waals surface area contributed by atoms with E-state index < -0.39 is 0 Å². The minimum atomic E-state index is -0.0530. The fourth-order valence-electron chi connectivity index (χ4n) is 4.10. The van der Waals surface area contributed by atoms with Crippen LogP contribution in [-0.2, 0) is 16.1 Å². The summed E-state index contributed by atoms with van der Waals surface area (Å²) in [6.45, 7) is 6.09. The van der Waals surface area contributed by atoms with Gasteiger partial charge < -0.3 is 10.6 Å². The Morgan fingerprint density at radius 3 is 2.55 bits per heavy atom. The third-order valence-electron chi connectivity index (χ3n) is 5.57. The number of aromatic nitrogens is 4. The van der Waals surface area contributed by atoms with Gasteiger partial charge in [-0.1, -0.05) is 6.07 Å². The van der Waals surface area contributed by atoms with Crippen molar-refractivity contribution in [3.05, 3.63) is 41.7 Å². The van der Waals surface area contributed by atoms with Crippen LogP contribution in [0.4, 0.5) is 0 Å². The minimum absolute atomic E-state index is 0.0336. The summed E-state index contributed by atoms with van der Waals surface area (Å²) in [5.74, 6) is 2.17. The van der Waals surface area contributed by atoms with Crippen molar-refractivity contribution in [2.45, 2.75) is 59.0 Å². The number of hydrogen-bond acceptors (Lipinski definition) is 5. The van der Waals surface area contributed by atoms with Gasteiger partial charge in [-0.15, -0.1) is 0 Å². The summed E-state index contributed by atoms with van der Waals surface area (Å²) in [7, 11) is 0. The number of nitrogens with one attached hydrogen (secondary N) is 2. The maximum Gasteiger partial charge on any atom is 0.241 e. The molecule has 0 bridgehead atoms. The molecule has 1 fully saturated rings. The van der Waals surface area contributed by atoms with Gasteiger partial charge in [-0.3, -0.25) is 14.6 Å². The molecule has 2 aromatic rings. The van der Waals surface area contributed by atoms with Crippen molar-refractivity contribution in [2.24, 2.45) is 11.8 Å². The van der Waals surface area contributed by atoms with Crippen LogP contribution < -0.4 is 10.6 Å². The lowest BCUT2D eigenvalue weighted by molar-refractivity contribution is -0.122. The molecule has 1 saturated carbocycles. The smallest absolute Gasteiger partial charge is 0.241 e. The molecule has 8 heteroatoms. The average Bonchev–Trinajstić information content (AvgIpc) is 3.02. The van der Waals surface area contributed by atoms with Crippen molar-refractivity contribution < 1.29 is 9.59 Å². The van der Waals surface area contributed by atoms with Gasteiger partial charge in [-0.05, 0) is 63.5 Å². The van der Waals surface area contributed by atoms with E-state index in [2.05, 4.69) is 25.7 Å². The number of pyridine rings is 1. The molecule has 156 valence electrons. The Morgan fingerprint density at radius 2 is 1.97 bits per heavy atom. The number of rotatable bonds is 7. The molecule has 0 aliphatic heterocycles. The van der Waals surface area contributed by atoms with Gasteiger partial charge in [0.05, 0.1) is 11.7 Å². The summed E-state index contributed by atoms with van der Waals surface area (Å²) in [5, 5.41) is 10.3. The second-order valence-corrected chi connectivity index (χ2v) is 7.88. The highest BCUT2D eigenvalue weighted by Crippen LogP contribution is 2.36. The van der Waals surface area contributed by atoms with Crippen LogP contribution in [0.2, 0.25) is 0 Å². The normalized spacial score (nSPS) is 20.1. The van der Waals surface area contributed by atoms with Crippen LogP contribution >= 0.6 is 0 Å². The van der Waals surface area contributed by atoms with Crippen LogP contribution in [0.3, 0.4) is 0 Å². The summed E-state index contributed by atoms with van der Waals surface area (Å²) in [4.78, 5) is 32.6. The molecule has 1 aliphatic carbocycles. The van der Waals surface area contributed by atoms with Crippen molar-refractivity contribution in [1.29, 1.82) is 0 Å². The lowest BCUT2D eigenvalue weighted by Crippen LogP contribution is -2.37. The lowest BCUT2D eigenvalue weighted by Gasteiger charge is -2.34. The summed E-state index contributed by atoms with van der Waals surface area (Å²) in [6, 6.07) is 5.76. The van der Waals surface area contributed by atoms with E-state index >= 15 is 0 Å². The van der Waals surface area contributed by atoms with Gasteiger partial charge in [0.2, 0.25) is 11.8 Å². The Bertz CT molecular complexity index is 827. The zero-order chi connectivity index (χ0) is 20.8. The Balaban J connectivity index is 1.48. The third-order valence-corrected chi connectivity index (χ3v) is 5.57. The molecule has 3 rings (SSSR count). The van der Waals surface area contributed by atoms with Crippen LogP contribution in [0.25, 0.3) is 0 Å². The minimum Gasteiger partial charge on any atom is -0.354 e. The number of carbonyl (C=O) groups is 2. The Morgan fingerprint density at radius 1 is 1.21 bits per heavy atom. The Hall–Kier alpha value is -2.77. The first-order valence-corrected chi connectivity index (χ1v) is 10.2. The van der Waals surface area contributed by atoms with Crippen LogP contribution in [0.5, 0.6) is 0 Å². The van der Waals surface area contributed by atoms with E-state index in [0.717, 1.165) is 37.2 Å². The predicted molar refractivity (Wildman–Crippen MR) is 109 cm³/mol. The van der Waals surface area contributed by atoms with Gasteiger partial charge in [0.1, 0.15) is 18.2 Å². The molecule has 2 heterocycles. The number of carbonyl (C=O) groups excluding carboxylic acids is 2. The van der Waals surface area contributed by atoms with Gasteiger partial charge in [0.25, 0.3) is 0 Å². The van der Waals surface area contributed by atoms with E-state index in [1.807, 2.05) is 32.0 Å². The van der Waals surface area contributed by atoms with Gasteiger partial charge in [-0.2, -0.15) is 5.10 Å². The van der Waals surface area contributed by atoms with Gasteiger partial charge in [0, 0.05) is 19.7 Å². The number of nitrogens with zero attached hydrogens (tertiary/aromatic N) is 4. The van der Waals surface area contributed by atoms with Gasteiger partial charge in [-0.25, -0.2) is 9.67 Å². The van der Waals surface area contributed by atoms with Crippen molar-refractivity contribution in [3.63, 3.8) is 0 Å². The van der Waals surface area contributed by atoms with Crippen LogP contribution in [0, 0.1) is 25.7 Å². The van der Waals surface area contributed by atoms with Crippen molar-refractivity contribution in [1.82, 2.24) is 30.4 Å². The number of aryl methyl sites for hydroxylation is 2. The fraction of sp³-hybridized carbons (Fsp3) is 0.571. The van der Waals surface area contributed by atoms with E-state index in [0.29, 0.717) is 24.2 Å². The van der Waals surface area contributed by atoms with E-state index in [1.165, 1.54) is 0 Å². The first kappa shape index (κ1) is 21.0. The van der Waals surface area contributed by atoms with Crippen LogP contribution in [-0.4, -0.2) is 38.1 Å². The monoisotopic (exact) mass is 398 g/mol. The molecule has 1 aliphatic rings. The van der Waals surface area contributed by atoms with Crippen molar-refractivity contribution in [3.8, 4) is 0 Å². The summed E-state index contributed by atoms with van der Waals surface area (Å²) in [5.41, 5.74) is 0.915. The molecule has 2 aromatic heterocycles. The van der Waals surface area contributed by atoms with Gasteiger partial charge in [0.15, 0.2) is 0 Å². The lowest BCUT2D eigenvalue weighted by atomic mass is 9.77. The summed E-state index contributed by atoms with van der Waals surface area (Å²) in [6.07, 6.45) is 5.82. The molecular formula is C21H30N6O2. The molecule has 0 unspecified atom stereocenters. The fourth-order valence-corrected chi connectivity index (χ4v) is 4.10. The third kappa shape index (κ3) is 5.85. The summed E-state index contributed by atoms with van der Waals surface area (Å²) >= 11 is 0. The number of hydrogen-bond donors (Lipinski definition) is 2. The molecular weight excluding hydrogens is 368 g/mol. The van der Waals surface area contributed by atoms with E-state index in [-0.39, 0.29) is 24.4 Å². The SMILES string of the molecule is CC(=O)N[C@H](c1ccccn1)C1CCC(CNC(=O)Cn2nc(C)nc2C)CC1. The van der Waals surface area contributed by atoms with Crippen molar-refractivity contribution >= 4 is 11.8 Å². The molecule has 1 atom stereocenters. The predicted octanol–water partition coefficient (Wildman–Crippen LogP) is 2.09. The van der Waals surface area contributed by atoms with Crippen LogP contribution in [0.1, 0.15) is 56.0 Å². The average molecular weight is 399 g/mol. The topological polar surface area (TPSA) is 102 Å². The van der Waals surface area contributed by atoms with E-state index in [1.54, 1.807) is 17.8 Å². The van der Waals surface area contributed by atoms with E-state index in [9.17, 15) is 9.59 Å². The van der Waals surface area contributed by atoms with Gasteiger partial charge >= 0.3 is 0 Å². The van der Waals surface area contributed by atoms with Crippen molar-refractivity contribution in [2.75, 3.05) is 6.54 Å². The molecule has 2 N–H and O–H groups in total. The number of amides is 2. The first-order valence-electron chi connectivity index (χ1n) is 10.2. The Labute approximate surface area is 171 Å².